The van der Waals surface area contributed by atoms with Gasteiger partial charge in [-0.2, -0.15) is 0 Å². The molecule has 1 atom stereocenters. The minimum absolute atomic E-state index is 0.00748. The molecule has 0 spiro atoms. The lowest BCUT2D eigenvalue weighted by Crippen LogP contribution is -2.44. The van der Waals surface area contributed by atoms with Crippen LogP contribution in [0.5, 0.6) is 0 Å². The lowest BCUT2D eigenvalue weighted by molar-refractivity contribution is -0.143. The van der Waals surface area contributed by atoms with Crippen LogP contribution >= 0.6 is 0 Å². The van der Waals surface area contributed by atoms with Gasteiger partial charge in [-0.05, 0) is 12.8 Å². The van der Waals surface area contributed by atoms with Gasteiger partial charge in [0.05, 0.1) is 11.6 Å². The highest BCUT2D eigenvalue weighted by Gasteiger charge is 2.28. The molecule has 1 aliphatic heterocycles. The summed E-state index contributed by atoms with van der Waals surface area (Å²) < 4.78 is 39.3. The fourth-order valence-electron chi connectivity index (χ4n) is 2.18. The van der Waals surface area contributed by atoms with Gasteiger partial charge in [0.15, 0.2) is 11.6 Å². The molecule has 21 heavy (non-hydrogen) atoms. The fraction of sp³-hybridized carbons (Fsp3) is 0.385. The molecule has 1 aliphatic rings. The molecule has 0 aromatic heterocycles. The summed E-state index contributed by atoms with van der Waals surface area (Å²) in [5.41, 5.74) is -0.489. The quantitative estimate of drug-likeness (QED) is 0.824. The van der Waals surface area contributed by atoms with E-state index in [1.54, 1.807) is 0 Å². The number of hydrogen-bond acceptors (Lipinski definition) is 2. The van der Waals surface area contributed by atoms with Gasteiger partial charge >= 0.3 is 12.0 Å². The van der Waals surface area contributed by atoms with E-state index in [9.17, 15) is 22.8 Å². The molecule has 5 nitrogen and oxygen atoms in total. The highest BCUT2D eigenvalue weighted by molar-refractivity contribution is 5.90. The second-order valence-corrected chi connectivity index (χ2v) is 4.80. The Labute approximate surface area is 118 Å². The number of carboxylic acids is 1. The summed E-state index contributed by atoms with van der Waals surface area (Å²) in [4.78, 5) is 24.0. The third-order valence-corrected chi connectivity index (χ3v) is 3.31. The lowest BCUT2D eigenvalue weighted by Gasteiger charge is -2.30. The van der Waals surface area contributed by atoms with Crippen LogP contribution in [0.25, 0.3) is 0 Å². The number of nitrogens with zero attached hydrogens (tertiary/aromatic N) is 1. The molecular weight excluding hydrogens is 289 g/mol. The van der Waals surface area contributed by atoms with Crippen molar-refractivity contribution in [1.82, 2.24) is 4.90 Å². The topological polar surface area (TPSA) is 69.6 Å². The molecule has 1 saturated heterocycles. The third kappa shape index (κ3) is 3.45. The Bertz CT molecular complexity index is 580. The molecule has 0 radical (unpaired) electrons. The van der Waals surface area contributed by atoms with Crippen LogP contribution in [0.3, 0.4) is 0 Å². The Morgan fingerprint density at radius 1 is 1.19 bits per heavy atom. The summed E-state index contributed by atoms with van der Waals surface area (Å²) in [6.45, 7) is 0.313. The molecular formula is C13H13F3N2O3. The lowest BCUT2D eigenvalue weighted by atomic mass is 9.99. The molecule has 0 unspecified atom stereocenters. The fourth-order valence-corrected chi connectivity index (χ4v) is 2.18. The molecule has 2 N–H and O–H groups in total. The smallest absolute Gasteiger partial charge is 0.321 e. The maximum atomic E-state index is 13.4. The van der Waals surface area contributed by atoms with Gasteiger partial charge in [-0.25, -0.2) is 18.0 Å². The van der Waals surface area contributed by atoms with Gasteiger partial charge in [0.2, 0.25) is 0 Å². The van der Waals surface area contributed by atoms with E-state index in [1.165, 1.54) is 4.90 Å². The molecule has 8 heteroatoms. The number of urea groups is 1. The molecule has 114 valence electrons. The van der Waals surface area contributed by atoms with E-state index in [0.29, 0.717) is 31.5 Å². The van der Waals surface area contributed by atoms with Crippen molar-refractivity contribution in [2.75, 3.05) is 18.4 Å². The van der Waals surface area contributed by atoms with Crippen LogP contribution in [-0.4, -0.2) is 35.1 Å². The summed E-state index contributed by atoms with van der Waals surface area (Å²) in [6, 6.07) is 0.133. The van der Waals surface area contributed by atoms with Crippen molar-refractivity contribution in [3.05, 3.63) is 29.6 Å². The van der Waals surface area contributed by atoms with Crippen LogP contribution in [0, 0.1) is 23.4 Å². The molecule has 2 amide bonds. The molecule has 2 rings (SSSR count). The minimum Gasteiger partial charge on any atom is -0.481 e. The number of carbonyl (C=O) groups is 2. The van der Waals surface area contributed by atoms with Gasteiger partial charge in [-0.1, -0.05) is 0 Å². The van der Waals surface area contributed by atoms with E-state index >= 15 is 0 Å². The van der Waals surface area contributed by atoms with Crippen molar-refractivity contribution in [2.45, 2.75) is 12.8 Å². The van der Waals surface area contributed by atoms with Gasteiger partial charge in [0.25, 0.3) is 0 Å². The zero-order valence-electron chi connectivity index (χ0n) is 10.9. The Morgan fingerprint density at radius 2 is 1.86 bits per heavy atom. The highest BCUT2D eigenvalue weighted by Crippen LogP contribution is 2.21. The first-order valence-electron chi connectivity index (χ1n) is 6.31. The average molecular weight is 302 g/mol. The number of aliphatic carboxylic acids is 1. The Kier molecular flexibility index (Phi) is 4.35. The van der Waals surface area contributed by atoms with Crippen molar-refractivity contribution in [3.63, 3.8) is 0 Å². The maximum Gasteiger partial charge on any atom is 0.321 e. The molecule has 1 heterocycles. The minimum atomic E-state index is -1.35. The molecule has 0 saturated carbocycles. The number of hydrogen-bond donors (Lipinski definition) is 2. The van der Waals surface area contributed by atoms with Crippen LogP contribution < -0.4 is 5.32 Å². The number of carbonyl (C=O) groups excluding carboxylic acids is 1. The predicted octanol–water partition coefficient (Wildman–Crippen LogP) is 2.43. The molecule has 1 fully saturated rings. The zero-order valence-corrected chi connectivity index (χ0v) is 10.9. The maximum absolute atomic E-state index is 13.4. The van der Waals surface area contributed by atoms with E-state index in [0.717, 1.165) is 0 Å². The standard InChI is InChI=1S/C13H13F3N2O3/c14-8-4-10(16)11(5-9(8)15)17-13(21)18-3-1-2-7(6-18)12(19)20/h4-5,7H,1-3,6H2,(H,17,21)(H,19,20)/t7-/m1/s1. The van der Waals surface area contributed by atoms with Crippen LogP contribution in [0.1, 0.15) is 12.8 Å². The van der Waals surface area contributed by atoms with Crippen LogP contribution in [0.4, 0.5) is 23.7 Å². The number of halogens is 3. The second kappa shape index (κ2) is 6.02. The van der Waals surface area contributed by atoms with Gasteiger partial charge in [-0.15, -0.1) is 0 Å². The number of benzene rings is 1. The second-order valence-electron chi connectivity index (χ2n) is 4.80. The van der Waals surface area contributed by atoms with Crippen molar-refractivity contribution in [2.24, 2.45) is 5.92 Å². The van der Waals surface area contributed by atoms with Gasteiger partial charge in [-0.3, -0.25) is 4.79 Å². The normalized spacial score (nSPS) is 18.4. The van der Waals surface area contributed by atoms with Crippen molar-refractivity contribution >= 4 is 17.7 Å². The zero-order chi connectivity index (χ0) is 15.6. The number of anilines is 1. The van der Waals surface area contributed by atoms with E-state index < -0.39 is 41.1 Å². The summed E-state index contributed by atoms with van der Waals surface area (Å²) in [7, 11) is 0. The Morgan fingerprint density at radius 3 is 2.52 bits per heavy atom. The molecule has 0 aliphatic carbocycles. The monoisotopic (exact) mass is 302 g/mol. The Balaban J connectivity index is 2.07. The average Bonchev–Trinajstić information content (AvgIpc) is 2.44. The SMILES string of the molecule is O=C(O)[C@@H]1CCCN(C(=O)Nc2cc(F)c(F)cc2F)C1. The van der Waals surface area contributed by atoms with Crippen molar-refractivity contribution < 1.29 is 27.9 Å². The van der Waals surface area contributed by atoms with Gasteiger partial charge < -0.3 is 15.3 Å². The third-order valence-electron chi connectivity index (χ3n) is 3.31. The molecule has 1 aromatic rings. The number of nitrogens with one attached hydrogen (secondary N) is 1. The van der Waals surface area contributed by atoms with E-state index in [4.69, 9.17) is 5.11 Å². The molecule has 0 bridgehead atoms. The largest absolute Gasteiger partial charge is 0.481 e. The summed E-state index contributed by atoms with van der Waals surface area (Å²) in [5, 5.41) is 11.0. The van der Waals surface area contributed by atoms with Crippen LogP contribution in [0.15, 0.2) is 12.1 Å². The van der Waals surface area contributed by atoms with Crippen LogP contribution in [0.2, 0.25) is 0 Å². The predicted molar refractivity (Wildman–Crippen MR) is 67.3 cm³/mol. The summed E-state index contributed by atoms with van der Waals surface area (Å²) in [5.74, 6) is -5.43. The first-order chi connectivity index (χ1) is 9.88. The van der Waals surface area contributed by atoms with Crippen molar-refractivity contribution in [1.29, 1.82) is 0 Å². The van der Waals surface area contributed by atoms with E-state index in [1.807, 2.05) is 0 Å². The van der Waals surface area contributed by atoms with Gasteiger partial charge in [0, 0.05) is 25.2 Å². The van der Waals surface area contributed by atoms with Crippen molar-refractivity contribution in [3.8, 4) is 0 Å². The number of amides is 2. The number of carboxylic acid groups (broad SMARTS) is 1. The molecule has 1 aromatic carbocycles. The summed E-state index contributed by atoms with van der Waals surface area (Å²) in [6.07, 6.45) is 0.962. The van der Waals surface area contributed by atoms with E-state index in [-0.39, 0.29) is 6.54 Å². The number of rotatable bonds is 2. The van der Waals surface area contributed by atoms with Gasteiger partial charge in [0.1, 0.15) is 5.82 Å². The number of piperidine rings is 1. The van der Waals surface area contributed by atoms with E-state index in [2.05, 4.69) is 5.32 Å². The first kappa shape index (κ1) is 15.1. The summed E-state index contributed by atoms with van der Waals surface area (Å²) >= 11 is 0. The number of likely N-dealkylation sites (tertiary alicyclic amines) is 1. The van der Waals surface area contributed by atoms with Crippen LogP contribution in [-0.2, 0) is 4.79 Å². The highest BCUT2D eigenvalue weighted by atomic mass is 19.2. The Hall–Kier alpha value is -2.25. The first-order valence-corrected chi connectivity index (χ1v) is 6.31.